The summed E-state index contributed by atoms with van der Waals surface area (Å²) in [4.78, 5) is 4.13. The molecule has 1 heterocycles. The highest BCUT2D eigenvalue weighted by Crippen LogP contribution is 2.18. The molecule has 1 aliphatic heterocycles. The second-order valence-electron chi connectivity index (χ2n) is 5.13. The molecule has 1 aromatic carbocycles. The zero-order chi connectivity index (χ0) is 15.4. The first kappa shape index (κ1) is 16.4. The fourth-order valence-corrected chi connectivity index (χ4v) is 2.85. The lowest BCUT2D eigenvalue weighted by Crippen LogP contribution is -2.49. The minimum Gasteiger partial charge on any atom is -0.357 e. The first-order chi connectivity index (χ1) is 9.99. The zero-order valence-electron chi connectivity index (χ0n) is 12.2. The van der Waals surface area contributed by atoms with E-state index in [4.69, 9.17) is 33.8 Å². The van der Waals surface area contributed by atoms with Crippen molar-refractivity contribution in [2.45, 2.75) is 18.6 Å². The van der Waals surface area contributed by atoms with Crippen molar-refractivity contribution in [2.24, 2.45) is 10.9 Å². The zero-order valence-corrected chi connectivity index (χ0v) is 13.7. The second-order valence-corrected chi connectivity index (χ2v) is 6.05. The van der Waals surface area contributed by atoms with Crippen molar-refractivity contribution in [1.29, 1.82) is 0 Å². The molecule has 0 saturated carbocycles. The minimum atomic E-state index is -0.298. The number of anilines is 1. The van der Waals surface area contributed by atoms with Crippen molar-refractivity contribution >= 4 is 34.7 Å². The Morgan fingerprint density at radius 3 is 2.67 bits per heavy atom. The van der Waals surface area contributed by atoms with E-state index in [1.54, 1.807) is 0 Å². The van der Waals surface area contributed by atoms with Crippen molar-refractivity contribution in [2.75, 3.05) is 31.6 Å². The molecule has 116 valence electrons. The van der Waals surface area contributed by atoms with Crippen LogP contribution in [-0.2, 0) is 4.74 Å². The van der Waals surface area contributed by atoms with Crippen molar-refractivity contribution in [3.63, 3.8) is 0 Å². The molecular formula is C14H20Cl2N4O. The highest BCUT2D eigenvalue weighted by molar-refractivity contribution is 6.30. The normalized spacial score (nSPS) is 24.1. The maximum atomic E-state index is 6.08. The molecule has 1 aromatic rings. The summed E-state index contributed by atoms with van der Waals surface area (Å²) < 4.78 is 5.51. The number of hydrogen-bond acceptors (Lipinski definition) is 4. The topological polar surface area (TPSA) is 54.1 Å². The Kier molecular flexibility index (Phi) is 5.70. The Labute approximate surface area is 135 Å². The Morgan fingerprint density at radius 1 is 1.43 bits per heavy atom. The van der Waals surface area contributed by atoms with E-state index in [0.29, 0.717) is 18.1 Å². The van der Waals surface area contributed by atoms with Gasteiger partial charge in [-0.3, -0.25) is 4.90 Å². The van der Waals surface area contributed by atoms with Crippen LogP contribution in [0.1, 0.15) is 6.92 Å². The van der Waals surface area contributed by atoms with Gasteiger partial charge < -0.3 is 15.5 Å². The molecule has 0 radical (unpaired) electrons. The quantitative estimate of drug-likeness (QED) is 0.304. The maximum absolute atomic E-state index is 6.08. The first-order valence-electron chi connectivity index (χ1n) is 6.77. The van der Waals surface area contributed by atoms with Crippen LogP contribution in [0.4, 0.5) is 5.69 Å². The van der Waals surface area contributed by atoms with Gasteiger partial charge in [-0.05, 0) is 31.2 Å². The van der Waals surface area contributed by atoms with Crippen LogP contribution >= 0.6 is 23.2 Å². The number of nitrogens with zero attached hydrogens (tertiary/aromatic N) is 3. The van der Waals surface area contributed by atoms with E-state index in [1.807, 2.05) is 43.1 Å². The van der Waals surface area contributed by atoms with E-state index < -0.39 is 0 Å². The summed E-state index contributed by atoms with van der Waals surface area (Å²) in [5.74, 6) is 6.32. The molecule has 0 amide bonds. The third-order valence-corrected chi connectivity index (χ3v) is 3.91. The highest BCUT2D eigenvalue weighted by Gasteiger charge is 2.25. The van der Waals surface area contributed by atoms with Gasteiger partial charge in [-0.1, -0.05) is 23.2 Å². The van der Waals surface area contributed by atoms with E-state index >= 15 is 0 Å². The SMILES string of the molecule is CC1CN(C/C(=N/N)N(C)c2ccc(Cl)cc2)CC(Cl)O1. The second kappa shape index (κ2) is 7.31. The monoisotopic (exact) mass is 330 g/mol. The van der Waals surface area contributed by atoms with Gasteiger partial charge in [-0.2, -0.15) is 5.10 Å². The number of alkyl halides is 1. The van der Waals surface area contributed by atoms with Crippen LogP contribution < -0.4 is 10.7 Å². The van der Waals surface area contributed by atoms with E-state index in [1.165, 1.54) is 0 Å². The average molecular weight is 331 g/mol. The van der Waals surface area contributed by atoms with E-state index in [-0.39, 0.29) is 11.7 Å². The molecule has 1 saturated heterocycles. The van der Waals surface area contributed by atoms with Gasteiger partial charge in [0.15, 0.2) is 0 Å². The summed E-state index contributed by atoms with van der Waals surface area (Å²) in [5, 5.41) is 4.61. The standard InChI is InChI=1S/C14H20Cl2N4O/c1-10-7-20(8-13(16)21-10)9-14(18-17)19(2)12-5-3-11(15)4-6-12/h3-6,10,13H,7-9,17H2,1-2H3/b18-14-. The molecule has 2 unspecified atom stereocenters. The lowest BCUT2D eigenvalue weighted by molar-refractivity contribution is -0.0345. The smallest absolute Gasteiger partial charge is 0.144 e. The molecule has 1 fully saturated rings. The highest BCUT2D eigenvalue weighted by atomic mass is 35.5. The summed E-state index contributed by atoms with van der Waals surface area (Å²) in [6, 6.07) is 7.54. The number of morpholine rings is 1. The summed E-state index contributed by atoms with van der Waals surface area (Å²) in [6.07, 6.45) is 0.0983. The third kappa shape index (κ3) is 4.48. The molecule has 5 nitrogen and oxygen atoms in total. The number of likely N-dealkylation sites (N-methyl/N-ethyl adjacent to an activating group) is 1. The number of ether oxygens (including phenoxy) is 1. The van der Waals surface area contributed by atoms with Gasteiger partial charge in [0.05, 0.1) is 12.6 Å². The number of halogens is 2. The lowest BCUT2D eigenvalue weighted by atomic mass is 10.2. The number of amidine groups is 1. The van der Waals surface area contributed by atoms with Gasteiger partial charge in [0.25, 0.3) is 0 Å². The number of nitrogens with two attached hydrogens (primary N) is 1. The lowest BCUT2D eigenvalue weighted by Gasteiger charge is -2.35. The number of hydrazone groups is 1. The molecule has 0 aromatic heterocycles. The molecule has 7 heteroatoms. The maximum Gasteiger partial charge on any atom is 0.144 e. The Hall–Kier alpha value is -1.01. The summed E-state index contributed by atoms with van der Waals surface area (Å²) in [6.45, 7) is 4.08. The largest absolute Gasteiger partial charge is 0.357 e. The third-order valence-electron chi connectivity index (χ3n) is 3.41. The first-order valence-corrected chi connectivity index (χ1v) is 7.59. The van der Waals surface area contributed by atoms with Crippen LogP contribution in [-0.4, -0.2) is 49.1 Å². The molecule has 2 atom stereocenters. The van der Waals surface area contributed by atoms with Crippen LogP contribution in [0, 0.1) is 0 Å². The van der Waals surface area contributed by atoms with Gasteiger partial charge in [0.2, 0.25) is 0 Å². The van der Waals surface area contributed by atoms with Crippen LogP contribution in [0.5, 0.6) is 0 Å². The van der Waals surface area contributed by atoms with Gasteiger partial charge in [-0.25, -0.2) is 0 Å². The molecule has 2 N–H and O–H groups in total. The van der Waals surface area contributed by atoms with Crippen LogP contribution in [0.2, 0.25) is 5.02 Å². The fourth-order valence-electron chi connectivity index (χ4n) is 2.36. The van der Waals surface area contributed by atoms with Crippen molar-refractivity contribution < 1.29 is 4.74 Å². The summed E-state index contributed by atoms with van der Waals surface area (Å²) in [7, 11) is 1.93. The minimum absolute atomic E-state index is 0.0983. The van der Waals surface area contributed by atoms with Crippen molar-refractivity contribution in [3.05, 3.63) is 29.3 Å². The van der Waals surface area contributed by atoms with Crippen LogP contribution in [0.25, 0.3) is 0 Å². The van der Waals surface area contributed by atoms with E-state index in [2.05, 4.69) is 10.0 Å². The van der Waals surface area contributed by atoms with E-state index in [0.717, 1.165) is 18.1 Å². The van der Waals surface area contributed by atoms with E-state index in [9.17, 15) is 0 Å². The van der Waals surface area contributed by atoms with Crippen LogP contribution in [0.15, 0.2) is 29.4 Å². The van der Waals surface area contributed by atoms with Gasteiger partial charge in [0.1, 0.15) is 11.4 Å². The number of rotatable bonds is 3. The molecule has 1 aliphatic rings. The molecule has 0 spiro atoms. The van der Waals surface area contributed by atoms with Gasteiger partial charge in [-0.15, -0.1) is 0 Å². The van der Waals surface area contributed by atoms with Gasteiger partial charge in [0, 0.05) is 30.8 Å². The molecule has 21 heavy (non-hydrogen) atoms. The summed E-state index contributed by atoms with van der Waals surface area (Å²) >= 11 is 12.0. The Bertz CT molecular complexity index is 484. The number of hydrogen-bond donors (Lipinski definition) is 1. The predicted molar refractivity (Wildman–Crippen MR) is 88.1 cm³/mol. The summed E-state index contributed by atoms with van der Waals surface area (Å²) in [5.41, 5.74) is 0.681. The Balaban J connectivity index is 2.04. The Morgan fingerprint density at radius 2 is 2.10 bits per heavy atom. The molecule has 0 bridgehead atoms. The molecule has 0 aliphatic carbocycles. The molecule has 2 rings (SSSR count). The van der Waals surface area contributed by atoms with Gasteiger partial charge >= 0.3 is 0 Å². The number of benzene rings is 1. The molecular weight excluding hydrogens is 311 g/mol. The fraction of sp³-hybridized carbons (Fsp3) is 0.500. The van der Waals surface area contributed by atoms with Crippen molar-refractivity contribution in [3.8, 4) is 0 Å². The predicted octanol–water partition coefficient (Wildman–Crippen LogP) is 2.33. The van der Waals surface area contributed by atoms with Crippen molar-refractivity contribution in [1.82, 2.24) is 4.90 Å². The average Bonchev–Trinajstić information content (AvgIpc) is 2.44. The van der Waals surface area contributed by atoms with Crippen LogP contribution in [0.3, 0.4) is 0 Å².